The lowest BCUT2D eigenvalue weighted by Gasteiger charge is -2.27. The van der Waals surface area contributed by atoms with Crippen LogP contribution in [0.3, 0.4) is 0 Å². The zero-order valence-electron chi connectivity index (χ0n) is 12.5. The summed E-state index contributed by atoms with van der Waals surface area (Å²) in [6, 6.07) is 0.357. The minimum absolute atomic E-state index is 0.357. The van der Waals surface area contributed by atoms with Gasteiger partial charge in [-0.1, -0.05) is 25.7 Å². The van der Waals surface area contributed by atoms with Crippen LogP contribution < -0.4 is 10.1 Å². The summed E-state index contributed by atoms with van der Waals surface area (Å²) in [4.78, 5) is 0. The van der Waals surface area contributed by atoms with E-state index < -0.39 is 0 Å². The highest BCUT2D eigenvalue weighted by atomic mass is 16.5. The second kappa shape index (κ2) is 6.94. The maximum Gasteiger partial charge on any atom is 0.161 e. The number of aromatic nitrogens is 2. The summed E-state index contributed by atoms with van der Waals surface area (Å²) in [7, 11) is 3.79. The highest BCUT2D eigenvalue weighted by Crippen LogP contribution is 2.36. The van der Waals surface area contributed by atoms with Crippen molar-refractivity contribution in [3.8, 4) is 5.75 Å². The molecule has 1 aromatic heterocycles. The van der Waals surface area contributed by atoms with Gasteiger partial charge in [0.2, 0.25) is 0 Å². The molecule has 1 saturated carbocycles. The van der Waals surface area contributed by atoms with E-state index in [0.717, 1.165) is 12.3 Å². The van der Waals surface area contributed by atoms with Gasteiger partial charge in [0.25, 0.3) is 0 Å². The maximum atomic E-state index is 5.51. The van der Waals surface area contributed by atoms with Crippen molar-refractivity contribution in [2.24, 2.45) is 5.92 Å². The van der Waals surface area contributed by atoms with Crippen LogP contribution in [0.1, 0.15) is 57.2 Å². The third kappa shape index (κ3) is 3.11. The second-order valence-electron chi connectivity index (χ2n) is 5.43. The molecule has 0 bridgehead atoms. The fourth-order valence-corrected chi connectivity index (χ4v) is 3.34. The number of hydrogen-bond donors (Lipinski definition) is 1. The molecule has 1 atom stereocenters. The Bertz CT molecular complexity index is 359. The molecule has 4 heteroatoms. The molecule has 1 aliphatic carbocycles. The average Bonchev–Trinajstić information content (AvgIpc) is 2.66. The number of nitrogens with zero attached hydrogens (tertiary/aromatic N) is 2. The molecule has 0 spiro atoms. The van der Waals surface area contributed by atoms with Crippen LogP contribution in [-0.2, 0) is 6.54 Å². The van der Waals surface area contributed by atoms with Crippen molar-refractivity contribution in [3.05, 3.63) is 11.9 Å². The quantitative estimate of drug-likeness (QED) is 0.831. The third-order valence-corrected chi connectivity index (χ3v) is 4.34. The largest absolute Gasteiger partial charge is 0.493 e. The Balaban J connectivity index is 2.26. The fourth-order valence-electron chi connectivity index (χ4n) is 3.34. The predicted octanol–water partition coefficient (Wildman–Crippen LogP) is 3.14. The van der Waals surface area contributed by atoms with Crippen LogP contribution in [0.5, 0.6) is 5.75 Å². The molecule has 1 unspecified atom stereocenters. The van der Waals surface area contributed by atoms with Gasteiger partial charge in [0.05, 0.1) is 25.0 Å². The van der Waals surface area contributed by atoms with Gasteiger partial charge in [-0.2, -0.15) is 5.10 Å². The minimum Gasteiger partial charge on any atom is -0.493 e. The Morgan fingerprint density at radius 2 is 2.05 bits per heavy atom. The molecule has 19 heavy (non-hydrogen) atoms. The minimum atomic E-state index is 0.357. The number of hydrogen-bond acceptors (Lipinski definition) is 3. The molecule has 1 N–H and O–H groups in total. The zero-order valence-corrected chi connectivity index (χ0v) is 12.5. The van der Waals surface area contributed by atoms with Crippen molar-refractivity contribution >= 4 is 0 Å². The van der Waals surface area contributed by atoms with E-state index in [-0.39, 0.29) is 0 Å². The van der Waals surface area contributed by atoms with Crippen LogP contribution in [0.4, 0.5) is 0 Å². The number of methoxy groups -OCH3 is 1. The lowest BCUT2D eigenvalue weighted by molar-refractivity contribution is 0.311. The first kappa shape index (κ1) is 14.4. The summed E-state index contributed by atoms with van der Waals surface area (Å²) in [5, 5.41) is 7.95. The van der Waals surface area contributed by atoms with Gasteiger partial charge < -0.3 is 10.1 Å². The molecule has 0 aliphatic heterocycles. The van der Waals surface area contributed by atoms with Crippen LogP contribution in [-0.4, -0.2) is 23.9 Å². The highest BCUT2D eigenvalue weighted by Gasteiger charge is 2.28. The van der Waals surface area contributed by atoms with E-state index in [1.54, 1.807) is 7.11 Å². The molecular weight excluding hydrogens is 238 g/mol. The molecule has 0 radical (unpaired) electrons. The summed E-state index contributed by atoms with van der Waals surface area (Å²) >= 11 is 0. The van der Waals surface area contributed by atoms with Crippen LogP contribution >= 0.6 is 0 Å². The second-order valence-corrected chi connectivity index (χ2v) is 5.43. The third-order valence-electron chi connectivity index (χ3n) is 4.34. The van der Waals surface area contributed by atoms with Crippen molar-refractivity contribution in [1.29, 1.82) is 0 Å². The molecule has 4 nitrogen and oxygen atoms in total. The summed E-state index contributed by atoms with van der Waals surface area (Å²) in [5.74, 6) is 1.62. The van der Waals surface area contributed by atoms with Gasteiger partial charge in [0.1, 0.15) is 0 Å². The fraction of sp³-hybridized carbons (Fsp3) is 0.800. The van der Waals surface area contributed by atoms with E-state index in [2.05, 4.69) is 29.1 Å². The molecule has 108 valence electrons. The van der Waals surface area contributed by atoms with Crippen molar-refractivity contribution in [2.45, 2.75) is 58.0 Å². The van der Waals surface area contributed by atoms with Gasteiger partial charge in [-0.3, -0.25) is 4.68 Å². The van der Waals surface area contributed by atoms with Gasteiger partial charge in [-0.05, 0) is 32.7 Å². The number of ether oxygens (including phenoxy) is 1. The monoisotopic (exact) mass is 265 g/mol. The Kier molecular flexibility index (Phi) is 5.25. The Morgan fingerprint density at radius 1 is 1.37 bits per heavy atom. The summed E-state index contributed by atoms with van der Waals surface area (Å²) < 4.78 is 7.58. The number of nitrogens with one attached hydrogen (secondary N) is 1. The van der Waals surface area contributed by atoms with Gasteiger partial charge >= 0.3 is 0 Å². The summed E-state index contributed by atoms with van der Waals surface area (Å²) in [6.45, 7) is 3.03. The van der Waals surface area contributed by atoms with Crippen molar-refractivity contribution in [1.82, 2.24) is 15.1 Å². The average molecular weight is 265 g/mol. The highest BCUT2D eigenvalue weighted by molar-refractivity contribution is 5.29. The van der Waals surface area contributed by atoms with E-state index >= 15 is 0 Å². The first-order chi connectivity index (χ1) is 9.31. The predicted molar refractivity (Wildman–Crippen MR) is 77.4 cm³/mol. The first-order valence-corrected chi connectivity index (χ1v) is 7.58. The normalized spacial score (nSPS) is 19.1. The van der Waals surface area contributed by atoms with E-state index in [1.807, 2.05) is 6.20 Å². The Morgan fingerprint density at radius 3 is 2.58 bits per heavy atom. The lowest BCUT2D eigenvalue weighted by Crippen LogP contribution is -2.28. The maximum absolute atomic E-state index is 5.51. The molecule has 0 aromatic carbocycles. The molecule has 1 aromatic rings. The summed E-state index contributed by atoms with van der Waals surface area (Å²) in [6.07, 6.45) is 9.94. The van der Waals surface area contributed by atoms with E-state index in [0.29, 0.717) is 12.0 Å². The van der Waals surface area contributed by atoms with Crippen LogP contribution in [0.2, 0.25) is 0 Å². The van der Waals surface area contributed by atoms with E-state index in [4.69, 9.17) is 4.74 Å². The molecular formula is C15H27N3O. The molecule has 2 rings (SSSR count). The first-order valence-electron chi connectivity index (χ1n) is 7.58. The van der Waals surface area contributed by atoms with E-state index in [1.165, 1.54) is 44.2 Å². The summed E-state index contributed by atoms with van der Waals surface area (Å²) in [5.41, 5.74) is 1.22. The molecule has 1 heterocycles. The SMILES string of the molecule is CCn1ncc(OC)c1C(NC)C1CCCCCC1. The number of aryl methyl sites for hydroxylation is 1. The van der Waals surface area contributed by atoms with E-state index in [9.17, 15) is 0 Å². The Hall–Kier alpha value is -1.03. The molecule has 1 fully saturated rings. The van der Waals surface area contributed by atoms with Crippen molar-refractivity contribution in [2.75, 3.05) is 14.2 Å². The Labute approximate surface area is 116 Å². The van der Waals surface area contributed by atoms with Crippen molar-refractivity contribution < 1.29 is 4.74 Å². The van der Waals surface area contributed by atoms with Gasteiger partial charge in [-0.25, -0.2) is 0 Å². The van der Waals surface area contributed by atoms with Gasteiger partial charge in [0.15, 0.2) is 5.75 Å². The zero-order chi connectivity index (χ0) is 13.7. The van der Waals surface area contributed by atoms with Crippen LogP contribution in [0.15, 0.2) is 6.20 Å². The topological polar surface area (TPSA) is 39.1 Å². The lowest BCUT2D eigenvalue weighted by atomic mass is 9.89. The van der Waals surface area contributed by atoms with Crippen LogP contribution in [0, 0.1) is 5.92 Å². The van der Waals surface area contributed by atoms with Gasteiger partial charge in [-0.15, -0.1) is 0 Å². The van der Waals surface area contributed by atoms with Crippen molar-refractivity contribution in [3.63, 3.8) is 0 Å². The molecule has 1 aliphatic rings. The van der Waals surface area contributed by atoms with Gasteiger partial charge in [0, 0.05) is 6.54 Å². The molecule has 0 amide bonds. The standard InChI is InChI=1S/C15H27N3O/c1-4-18-15(13(19-3)11-17-18)14(16-2)12-9-7-5-6-8-10-12/h11-12,14,16H,4-10H2,1-3H3. The number of rotatable bonds is 5. The smallest absolute Gasteiger partial charge is 0.161 e. The molecule has 0 saturated heterocycles. The van der Waals surface area contributed by atoms with Crippen LogP contribution in [0.25, 0.3) is 0 Å².